The molecule has 0 atom stereocenters. The maximum atomic E-state index is 13.6. The van der Waals surface area contributed by atoms with Crippen LogP contribution in [0.2, 0.25) is 0 Å². The van der Waals surface area contributed by atoms with Gasteiger partial charge in [0.25, 0.3) is 0 Å². The Morgan fingerprint density at radius 3 is 1.56 bits per heavy atom. The lowest BCUT2D eigenvalue weighted by atomic mass is 9.80. The first-order valence-corrected chi connectivity index (χ1v) is 25.2. The highest BCUT2D eigenvalue weighted by Gasteiger charge is 2.51. The van der Waals surface area contributed by atoms with Crippen LogP contribution in [0.25, 0.3) is 56.2 Å². The lowest BCUT2D eigenvalue weighted by molar-refractivity contribution is 0.00578. The Kier molecular flexibility index (Phi) is 14.3. The molecule has 0 aliphatic carbocycles. The monoisotopic (exact) mass is 1120 g/mol. The van der Waals surface area contributed by atoms with Crippen LogP contribution in [-0.4, -0.2) is 86.2 Å². The SMILES string of the molecule is C.CC1(C)OB(c2ccc3nccn3c2)OC1(C)C.Nc1cccc(Cc2nc3c(-c4ccc5nccn5c4)c(-c4ccc(F)cc4)nc(N)n3n2)n1.Nc1cccc(Cc2nc3c(Br)c(-c4ccc(F)cc4)nc(N)n3n2)n1. The van der Waals surface area contributed by atoms with Crippen LogP contribution in [0.3, 0.4) is 0 Å². The van der Waals surface area contributed by atoms with E-state index in [1.54, 1.807) is 48.8 Å². The molecular formula is C55H52BBrF2N18O2. The van der Waals surface area contributed by atoms with E-state index in [1.807, 2.05) is 82.1 Å². The van der Waals surface area contributed by atoms with Crippen molar-refractivity contribution in [1.29, 1.82) is 0 Å². The Morgan fingerprint density at radius 1 is 0.544 bits per heavy atom. The zero-order chi connectivity index (χ0) is 54.5. The summed E-state index contributed by atoms with van der Waals surface area (Å²) in [6.45, 7) is 8.23. The molecule has 20 nitrogen and oxygen atoms in total. The second-order valence-electron chi connectivity index (χ2n) is 19.2. The van der Waals surface area contributed by atoms with E-state index < -0.39 is 0 Å². The minimum Gasteiger partial charge on any atom is -0.399 e. The predicted molar refractivity (Wildman–Crippen MR) is 304 cm³/mol. The summed E-state index contributed by atoms with van der Waals surface area (Å²) < 4.78 is 46.3. The Morgan fingerprint density at radius 2 is 1.01 bits per heavy atom. The maximum Gasteiger partial charge on any atom is 0.496 e. The van der Waals surface area contributed by atoms with Crippen molar-refractivity contribution in [1.82, 2.24) is 67.9 Å². The van der Waals surface area contributed by atoms with E-state index in [0.29, 0.717) is 68.8 Å². The molecule has 13 rings (SSSR count). The Labute approximate surface area is 459 Å². The van der Waals surface area contributed by atoms with E-state index in [2.05, 4.69) is 88.7 Å². The second kappa shape index (κ2) is 21.3. The number of fused-ring (bicyclic) bond motifs is 4. The van der Waals surface area contributed by atoms with Crippen LogP contribution in [0.4, 0.5) is 32.3 Å². The topological polar surface area (TPSA) is 269 Å². The molecule has 0 spiro atoms. The van der Waals surface area contributed by atoms with Gasteiger partial charge in [0.1, 0.15) is 34.6 Å². The van der Waals surface area contributed by atoms with Crippen LogP contribution < -0.4 is 28.4 Å². The Bertz CT molecular complexity index is 4170. The number of nitrogens with zero attached hydrogens (tertiary/aromatic N) is 14. The molecular weight excluding hydrogens is 1070 g/mol. The molecule has 0 radical (unpaired) electrons. The lowest BCUT2D eigenvalue weighted by Crippen LogP contribution is -2.41. The number of hydrogen-bond acceptors (Lipinski definition) is 16. The third kappa shape index (κ3) is 10.9. The Hall–Kier alpha value is -9.26. The predicted octanol–water partition coefficient (Wildman–Crippen LogP) is 8.51. The van der Waals surface area contributed by atoms with Crippen LogP contribution in [0.1, 0.15) is 58.2 Å². The number of benzene rings is 2. The van der Waals surface area contributed by atoms with Gasteiger partial charge in [-0.15, -0.1) is 10.2 Å². The minimum absolute atomic E-state index is 0. The highest BCUT2D eigenvalue weighted by atomic mass is 79.9. The number of anilines is 4. The molecule has 12 aromatic rings. The Balaban J connectivity index is 0.000000139. The lowest BCUT2D eigenvalue weighted by Gasteiger charge is -2.32. The van der Waals surface area contributed by atoms with Crippen molar-refractivity contribution in [2.24, 2.45) is 0 Å². The van der Waals surface area contributed by atoms with Crippen molar-refractivity contribution in [2.75, 3.05) is 22.9 Å². The number of nitrogens with two attached hydrogens (primary N) is 4. The molecule has 79 heavy (non-hydrogen) atoms. The van der Waals surface area contributed by atoms with E-state index in [1.165, 1.54) is 33.3 Å². The van der Waals surface area contributed by atoms with Gasteiger partial charge in [0, 0.05) is 53.9 Å². The smallest absolute Gasteiger partial charge is 0.399 e. The summed E-state index contributed by atoms with van der Waals surface area (Å²) in [5.41, 5.74) is 32.7. The number of imidazole rings is 2. The number of rotatable bonds is 8. The van der Waals surface area contributed by atoms with Gasteiger partial charge >= 0.3 is 7.12 Å². The molecule has 1 saturated heterocycles. The van der Waals surface area contributed by atoms with Gasteiger partial charge in [0.05, 0.1) is 56.9 Å². The van der Waals surface area contributed by atoms with Crippen LogP contribution in [-0.2, 0) is 22.2 Å². The molecule has 0 amide bonds. The van der Waals surface area contributed by atoms with E-state index >= 15 is 0 Å². The van der Waals surface area contributed by atoms with Crippen LogP contribution in [0.15, 0.2) is 151 Å². The summed E-state index contributed by atoms with van der Waals surface area (Å²) in [6, 6.07) is 30.7. The fourth-order valence-electron chi connectivity index (χ4n) is 8.65. The minimum atomic E-state index is -0.335. The van der Waals surface area contributed by atoms with Crippen molar-refractivity contribution in [3.63, 3.8) is 0 Å². The number of aromatic nitrogens is 14. The van der Waals surface area contributed by atoms with Crippen molar-refractivity contribution in [2.45, 2.75) is 59.2 Å². The number of hydrogen-bond donors (Lipinski definition) is 4. The average molecular weight is 1130 g/mol. The van der Waals surface area contributed by atoms with Gasteiger partial charge in [-0.2, -0.15) is 9.03 Å². The molecule has 1 aliphatic rings. The first-order chi connectivity index (χ1) is 37.4. The van der Waals surface area contributed by atoms with Crippen molar-refractivity contribution in [3.8, 4) is 33.6 Å². The van der Waals surface area contributed by atoms with E-state index in [4.69, 9.17) is 37.2 Å². The second-order valence-corrected chi connectivity index (χ2v) is 20.0. The standard InChI is InChI=1S/C24H18FN9.C17H13BrFN7.C13H17BN2O2.CH4/c25-16-7-4-14(5-8-16)22-21(15-6-9-20-28-10-11-33(20)13-15)23-30-19(32-34(23)24(27)31-22)12-17-2-1-3-18(26)29-17;18-14-15(9-4-6-10(19)7-5-9)24-17(21)26-16(14)23-13(25-26)8-11-2-1-3-12(20)22-11;1-12(2)13(3,4)18-14(17-12)10-5-6-11-15-7-8-16(11)9-10;/h1-11,13H,12H2,(H2,26,29)(H2,27,31);1-7H,8H2,(H2,20,22)(H2,21,24);5-9H,1-4H3;1H4. The molecule has 11 heterocycles. The third-order valence-corrected chi connectivity index (χ3v) is 14.0. The molecule has 24 heteroatoms. The molecule has 0 saturated carbocycles. The van der Waals surface area contributed by atoms with Gasteiger partial charge < -0.3 is 41.0 Å². The van der Waals surface area contributed by atoms with Crippen LogP contribution in [0, 0.1) is 11.6 Å². The summed E-state index contributed by atoms with van der Waals surface area (Å²) >= 11 is 3.51. The zero-order valence-corrected chi connectivity index (χ0v) is 44.0. The van der Waals surface area contributed by atoms with Crippen LogP contribution in [0.5, 0.6) is 0 Å². The van der Waals surface area contributed by atoms with Crippen molar-refractivity contribution < 1.29 is 18.1 Å². The van der Waals surface area contributed by atoms with Gasteiger partial charge in [0.15, 0.2) is 22.9 Å². The quantitative estimate of drug-likeness (QED) is 0.104. The summed E-state index contributed by atoms with van der Waals surface area (Å²) in [5, 5.41) is 8.98. The fourth-order valence-corrected chi connectivity index (χ4v) is 9.22. The normalized spacial score (nSPS) is 13.5. The number of nitrogen functional groups attached to an aromatic ring is 4. The van der Waals surface area contributed by atoms with E-state index in [-0.39, 0.29) is 49.3 Å². The summed E-state index contributed by atoms with van der Waals surface area (Å²) in [6.07, 6.45) is 12.0. The summed E-state index contributed by atoms with van der Waals surface area (Å²) in [4.78, 5) is 35.5. The van der Waals surface area contributed by atoms with Crippen LogP contribution >= 0.6 is 15.9 Å². The van der Waals surface area contributed by atoms with Gasteiger partial charge in [-0.3, -0.25) is 0 Å². The van der Waals surface area contributed by atoms with Gasteiger partial charge in [-0.25, -0.2) is 48.7 Å². The van der Waals surface area contributed by atoms with Gasteiger partial charge in [0.2, 0.25) is 11.9 Å². The fraction of sp³-hybridized carbons (Fsp3) is 0.164. The first-order valence-electron chi connectivity index (χ1n) is 24.4. The molecule has 0 bridgehead atoms. The van der Waals surface area contributed by atoms with E-state index in [0.717, 1.165) is 44.8 Å². The summed E-state index contributed by atoms with van der Waals surface area (Å²) in [5.74, 6) is 1.61. The molecule has 10 aromatic heterocycles. The van der Waals surface area contributed by atoms with Gasteiger partial charge in [-0.1, -0.05) is 25.6 Å². The molecule has 1 aliphatic heterocycles. The number of halogens is 3. The van der Waals surface area contributed by atoms with Crippen molar-refractivity contribution >= 4 is 74.6 Å². The zero-order valence-electron chi connectivity index (χ0n) is 42.4. The van der Waals surface area contributed by atoms with Crippen molar-refractivity contribution in [3.05, 3.63) is 186 Å². The largest absolute Gasteiger partial charge is 0.496 e. The molecule has 8 N–H and O–H groups in total. The van der Waals surface area contributed by atoms with Gasteiger partial charge in [-0.05, 0) is 140 Å². The summed E-state index contributed by atoms with van der Waals surface area (Å²) in [7, 11) is -0.318. The highest BCUT2D eigenvalue weighted by Crippen LogP contribution is 2.38. The molecule has 0 unspecified atom stereocenters. The highest BCUT2D eigenvalue weighted by molar-refractivity contribution is 9.10. The molecule has 1 fully saturated rings. The molecule has 2 aromatic carbocycles. The number of pyridine rings is 4. The maximum absolute atomic E-state index is 13.6. The van der Waals surface area contributed by atoms with E-state index in [9.17, 15) is 8.78 Å². The third-order valence-electron chi connectivity index (χ3n) is 13.2. The average Bonchev–Trinajstić information content (AvgIpc) is 4.28. The molecule has 398 valence electrons. The first kappa shape index (κ1) is 53.2.